The number of aromatic nitrogens is 5. The van der Waals surface area contributed by atoms with Gasteiger partial charge in [0.2, 0.25) is 0 Å². The standard InChI is InChI=1S/C38H39N5O5/c1-3-46-38(44)37-30(16-10-20-47-34-17-8-12-26-11-4-5-13-28(26)34)29-14-9-15-31-35-32(23-48-27-21-39-25-40-22-27)41-42(2)33(35)24-45-19-7-6-18-43(37)36(29)31/h4-5,8-9,11-15,17,21-22,25H,3,6-7,10,16,18-20,23-24H2,1-2H3. The molecule has 4 heterocycles. The number of hydrogen-bond donors (Lipinski definition) is 0. The second-order valence-electron chi connectivity index (χ2n) is 11.8. The largest absolute Gasteiger partial charge is 0.493 e. The van der Waals surface area contributed by atoms with E-state index in [-0.39, 0.29) is 12.6 Å². The van der Waals surface area contributed by atoms with Crippen molar-refractivity contribution in [3.8, 4) is 22.6 Å². The van der Waals surface area contributed by atoms with Crippen molar-refractivity contribution in [3.63, 3.8) is 0 Å². The molecule has 0 amide bonds. The van der Waals surface area contributed by atoms with Crippen molar-refractivity contribution in [3.05, 3.63) is 102 Å². The molecule has 48 heavy (non-hydrogen) atoms. The fourth-order valence-corrected chi connectivity index (χ4v) is 6.70. The molecule has 0 fully saturated rings. The minimum Gasteiger partial charge on any atom is -0.493 e. The minimum atomic E-state index is -0.310. The van der Waals surface area contributed by atoms with Gasteiger partial charge in [0.05, 0.1) is 43.4 Å². The number of rotatable bonds is 10. The van der Waals surface area contributed by atoms with E-state index in [1.807, 2.05) is 42.9 Å². The quantitative estimate of drug-likeness (QED) is 0.115. The Morgan fingerprint density at radius 2 is 1.77 bits per heavy atom. The first-order valence-corrected chi connectivity index (χ1v) is 16.6. The van der Waals surface area contributed by atoms with Crippen molar-refractivity contribution in [2.24, 2.45) is 7.05 Å². The van der Waals surface area contributed by atoms with Crippen LogP contribution in [0, 0.1) is 0 Å². The number of hydrogen-bond acceptors (Lipinski definition) is 8. The maximum absolute atomic E-state index is 13.8. The smallest absolute Gasteiger partial charge is 0.355 e. The number of ether oxygens (including phenoxy) is 4. The van der Waals surface area contributed by atoms with Crippen molar-refractivity contribution in [2.75, 3.05) is 19.8 Å². The number of esters is 1. The number of nitrogens with zero attached hydrogens (tertiary/aromatic N) is 5. The summed E-state index contributed by atoms with van der Waals surface area (Å²) in [6, 6.07) is 20.6. The van der Waals surface area contributed by atoms with E-state index in [0.29, 0.717) is 50.8 Å². The van der Waals surface area contributed by atoms with Crippen molar-refractivity contribution in [1.82, 2.24) is 24.3 Å². The van der Waals surface area contributed by atoms with Gasteiger partial charge in [-0.1, -0.05) is 54.6 Å². The second kappa shape index (κ2) is 14.3. The van der Waals surface area contributed by atoms with Crippen LogP contribution in [0.3, 0.4) is 0 Å². The monoisotopic (exact) mass is 645 g/mol. The molecule has 0 atom stereocenters. The number of benzene rings is 3. The summed E-state index contributed by atoms with van der Waals surface area (Å²) in [5.74, 6) is 1.11. The first-order valence-electron chi connectivity index (χ1n) is 16.6. The van der Waals surface area contributed by atoms with Crippen LogP contribution in [-0.2, 0) is 42.7 Å². The van der Waals surface area contributed by atoms with Crippen LogP contribution in [0.4, 0.5) is 0 Å². The molecule has 10 heteroatoms. The van der Waals surface area contributed by atoms with Crippen LogP contribution in [0.15, 0.2) is 79.4 Å². The molecule has 7 rings (SSSR count). The van der Waals surface area contributed by atoms with Crippen LogP contribution < -0.4 is 9.47 Å². The molecule has 0 bridgehead atoms. The Morgan fingerprint density at radius 3 is 2.65 bits per heavy atom. The molecule has 0 saturated heterocycles. The molecule has 0 unspecified atom stereocenters. The van der Waals surface area contributed by atoms with E-state index < -0.39 is 0 Å². The average Bonchev–Trinajstić information content (AvgIpc) is 3.59. The summed E-state index contributed by atoms with van der Waals surface area (Å²) >= 11 is 0. The first-order chi connectivity index (χ1) is 23.6. The van der Waals surface area contributed by atoms with Crippen molar-refractivity contribution in [2.45, 2.75) is 52.4 Å². The number of aryl methyl sites for hydroxylation is 3. The van der Waals surface area contributed by atoms with E-state index in [4.69, 9.17) is 24.0 Å². The predicted octanol–water partition coefficient (Wildman–Crippen LogP) is 7.06. The number of carbonyl (C=O) groups excluding carboxylic acids is 1. The molecule has 0 aliphatic carbocycles. The van der Waals surface area contributed by atoms with Gasteiger partial charge >= 0.3 is 5.97 Å². The van der Waals surface area contributed by atoms with Gasteiger partial charge in [0, 0.05) is 42.1 Å². The number of fused-ring (bicyclic) bond motifs is 3. The summed E-state index contributed by atoms with van der Waals surface area (Å²) in [7, 11) is 1.93. The summed E-state index contributed by atoms with van der Waals surface area (Å²) in [6.45, 7) is 4.54. The van der Waals surface area contributed by atoms with E-state index in [9.17, 15) is 4.79 Å². The number of carbonyl (C=O) groups is 1. The summed E-state index contributed by atoms with van der Waals surface area (Å²) in [5, 5.41) is 8.15. The molecule has 0 saturated carbocycles. The van der Waals surface area contributed by atoms with Crippen LogP contribution in [0.2, 0.25) is 0 Å². The molecule has 0 radical (unpaired) electrons. The fraction of sp³-hybridized carbons (Fsp3) is 0.316. The Balaban J connectivity index is 1.30. The molecule has 246 valence electrons. The van der Waals surface area contributed by atoms with E-state index in [2.05, 4.69) is 50.9 Å². The van der Waals surface area contributed by atoms with Gasteiger partial charge in [0.1, 0.15) is 30.1 Å². The highest BCUT2D eigenvalue weighted by Crippen LogP contribution is 2.39. The molecule has 3 aromatic carbocycles. The summed E-state index contributed by atoms with van der Waals surface area (Å²) in [4.78, 5) is 22.0. The van der Waals surface area contributed by atoms with Gasteiger partial charge in [-0.15, -0.1) is 0 Å². The van der Waals surface area contributed by atoms with E-state index in [1.54, 1.807) is 12.4 Å². The van der Waals surface area contributed by atoms with Gasteiger partial charge in [0.15, 0.2) is 5.75 Å². The highest BCUT2D eigenvalue weighted by atomic mass is 16.5. The third-order valence-electron chi connectivity index (χ3n) is 8.81. The molecule has 3 aromatic heterocycles. The van der Waals surface area contributed by atoms with Gasteiger partial charge in [-0.25, -0.2) is 14.8 Å². The summed E-state index contributed by atoms with van der Waals surface area (Å²) < 4.78 is 28.3. The summed E-state index contributed by atoms with van der Waals surface area (Å²) in [6.07, 6.45) is 7.83. The Hall–Kier alpha value is -5.22. The zero-order valence-corrected chi connectivity index (χ0v) is 27.4. The fourth-order valence-electron chi connectivity index (χ4n) is 6.70. The van der Waals surface area contributed by atoms with E-state index in [0.717, 1.165) is 74.8 Å². The van der Waals surface area contributed by atoms with E-state index in [1.165, 1.54) is 6.33 Å². The maximum Gasteiger partial charge on any atom is 0.355 e. The SMILES string of the molecule is CCOC(=O)c1c(CCCOc2cccc3ccccc23)c2cccc3c2n1CCCCOCc1c-3c(COc2cncnc2)nn1C. The van der Waals surface area contributed by atoms with Crippen LogP contribution >= 0.6 is 0 Å². The highest BCUT2D eigenvalue weighted by molar-refractivity contribution is 6.05. The second-order valence-corrected chi connectivity index (χ2v) is 11.8. The van der Waals surface area contributed by atoms with Crippen molar-refractivity contribution in [1.29, 1.82) is 0 Å². The lowest BCUT2D eigenvalue weighted by atomic mass is 9.98. The van der Waals surface area contributed by atoms with Crippen LogP contribution in [0.5, 0.6) is 11.5 Å². The van der Waals surface area contributed by atoms with Gasteiger partial charge in [-0.3, -0.25) is 4.68 Å². The van der Waals surface area contributed by atoms with Gasteiger partial charge < -0.3 is 23.5 Å². The molecule has 1 aliphatic rings. The average molecular weight is 646 g/mol. The Bertz CT molecular complexity index is 2050. The van der Waals surface area contributed by atoms with Gasteiger partial charge in [0.25, 0.3) is 0 Å². The predicted molar refractivity (Wildman–Crippen MR) is 183 cm³/mol. The maximum atomic E-state index is 13.8. The third-order valence-corrected chi connectivity index (χ3v) is 8.81. The third kappa shape index (κ3) is 6.23. The van der Waals surface area contributed by atoms with Crippen LogP contribution in [-0.4, -0.2) is 50.1 Å². The van der Waals surface area contributed by atoms with Gasteiger partial charge in [-0.2, -0.15) is 5.10 Å². The lowest BCUT2D eigenvalue weighted by Crippen LogP contribution is -2.15. The highest BCUT2D eigenvalue weighted by Gasteiger charge is 2.28. The molecular formula is C38H39N5O5. The Morgan fingerprint density at radius 1 is 0.958 bits per heavy atom. The Kier molecular flexibility index (Phi) is 9.33. The molecule has 10 nitrogen and oxygen atoms in total. The molecular weight excluding hydrogens is 606 g/mol. The van der Waals surface area contributed by atoms with E-state index >= 15 is 0 Å². The lowest BCUT2D eigenvalue weighted by molar-refractivity contribution is 0.0512. The van der Waals surface area contributed by atoms with Gasteiger partial charge in [-0.05, 0) is 49.6 Å². The summed E-state index contributed by atoms with van der Waals surface area (Å²) in [5.41, 5.74) is 6.21. The molecule has 6 aromatic rings. The van der Waals surface area contributed by atoms with Crippen molar-refractivity contribution < 1.29 is 23.7 Å². The number of para-hydroxylation sites is 1. The topological polar surface area (TPSA) is 103 Å². The molecule has 0 spiro atoms. The molecule has 0 N–H and O–H groups in total. The van der Waals surface area contributed by atoms with Crippen LogP contribution in [0.25, 0.3) is 32.8 Å². The molecule has 1 aliphatic heterocycles. The first kappa shape index (κ1) is 31.4. The normalized spacial score (nSPS) is 13.2. The zero-order valence-electron chi connectivity index (χ0n) is 27.4. The van der Waals surface area contributed by atoms with Crippen molar-refractivity contribution >= 4 is 27.6 Å². The van der Waals surface area contributed by atoms with Crippen LogP contribution in [0.1, 0.15) is 53.6 Å². The Labute approximate surface area is 279 Å². The lowest BCUT2D eigenvalue weighted by Gasteiger charge is -2.14. The zero-order chi connectivity index (χ0) is 32.9. The minimum absolute atomic E-state index is 0.219.